The SMILES string of the molecule is CCCCc1nc2c(N)nc(N)c(CCCC)c2[nH]1. The highest BCUT2D eigenvalue weighted by atomic mass is 15.0. The molecule has 0 aliphatic rings. The van der Waals surface area contributed by atoms with Crippen molar-refractivity contribution < 1.29 is 0 Å². The minimum atomic E-state index is 0.423. The molecule has 0 saturated carbocycles. The lowest BCUT2D eigenvalue weighted by Crippen LogP contribution is -2.03. The number of H-pyrrole nitrogens is 1. The summed E-state index contributed by atoms with van der Waals surface area (Å²) in [4.78, 5) is 12.2. The highest BCUT2D eigenvalue weighted by Crippen LogP contribution is 2.27. The summed E-state index contributed by atoms with van der Waals surface area (Å²) in [5.74, 6) is 1.93. The Kier molecular flexibility index (Phi) is 4.24. The van der Waals surface area contributed by atoms with Crippen LogP contribution in [-0.2, 0) is 12.8 Å². The Morgan fingerprint density at radius 2 is 1.63 bits per heavy atom. The van der Waals surface area contributed by atoms with Crippen LogP contribution in [0.3, 0.4) is 0 Å². The van der Waals surface area contributed by atoms with Gasteiger partial charge in [-0.05, 0) is 19.3 Å². The van der Waals surface area contributed by atoms with Gasteiger partial charge in [-0.2, -0.15) is 0 Å². The highest BCUT2D eigenvalue weighted by Gasteiger charge is 2.14. The van der Waals surface area contributed by atoms with Gasteiger partial charge in [-0.1, -0.05) is 26.7 Å². The number of aromatic amines is 1. The third-order valence-electron chi connectivity index (χ3n) is 3.39. The van der Waals surface area contributed by atoms with E-state index >= 15 is 0 Å². The van der Waals surface area contributed by atoms with Crippen LogP contribution in [0.15, 0.2) is 0 Å². The number of hydrogen-bond donors (Lipinski definition) is 3. The number of pyridine rings is 1. The molecule has 5 heteroatoms. The van der Waals surface area contributed by atoms with Gasteiger partial charge in [0.15, 0.2) is 5.82 Å². The van der Waals surface area contributed by atoms with Gasteiger partial charge >= 0.3 is 0 Å². The van der Waals surface area contributed by atoms with Crippen molar-refractivity contribution >= 4 is 22.7 Å². The van der Waals surface area contributed by atoms with Gasteiger partial charge in [-0.3, -0.25) is 0 Å². The van der Waals surface area contributed by atoms with Crippen LogP contribution in [-0.4, -0.2) is 15.0 Å². The number of nitrogen functional groups attached to an aromatic ring is 2. The molecule has 5 nitrogen and oxygen atoms in total. The zero-order valence-electron chi connectivity index (χ0n) is 11.8. The molecule has 0 bridgehead atoms. The van der Waals surface area contributed by atoms with Crippen molar-refractivity contribution in [2.75, 3.05) is 11.5 Å². The molecule has 2 aromatic heterocycles. The second-order valence-corrected chi connectivity index (χ2v) is 4.98. The second kappa shape index (κ2) is 5.91. The third-order valence-corrected chi connectivity index (χ3v) is 3.39. The van der Waals surface area contributed by atoms with E-state index in [4.69, 9.17) is 11.5 Å². The molecular formula is C14H23N5. The summed E-state index contributed by atoms with van der Waals surface area (Å²) in [6.45, 7) is 4.33. The maximum absolute atomic E-state index is 6.00. The molecule has 0 aliphatic heterocycles. The van der Waals surface area contributed by atoms with Crippen molar-refractivity contribution in [2.45, 2.75) is 52.4 Å². The van der Waals surface area contributed by atoms with Crippen LogP contribution in [0.25, 0.3) is 11.0 Å². The van der Waals surface area contributed by atoms with Gasteiger partial charge in [0.25, 0.3) is 0 Å². The number of anilines is 2. The first kappa shape index (κ1) is 13.6. The van der Waals surface area contributed by atoms with Crippen LogP contribution < -0.4 is 11.5 Å². The zero-order chi connectivity index (χ0) is 13.8. The third kappa shape index (κ3) is 2.80. The fourth-order valence-electron chi connectivity index (χ4n) is 2.27. The number of rotatable bonds is 6. The fourth-order valence-corrected chi connectivity index (χ4v) is 2.27. The van der Waals surface area contributed by atoms with E-state index in [1.807, 2.05) is 0 Å². The van der Waals surface area contributed by atoms with E-state index in [0.717, 1.165) is 60.9 Å². The molecular weight excluding hydrogens is 238 g/mol. The zero-order valence-corrected chi connectivity index (χ0v) is 11.8. The predicted octanol–water partition coefficient (Wildman–Crippen LogP) is 2.81. The molecule has 0 unspecified atom stereocenters. The Balaban J connectivity index is 2.44. The van der Waals surface area contributed by atoms with Crippen LogP contribution in [0, 0.1) is 0 Å². The summed E-state index contributed by atoms with van der Waals surface area (Å²) in [6.07, 6.45) is 6.35. The van der Waals surface area contributed by atoms with E-state index in [9.17, 15) is 0 Å². The summed E-state index contributed by atoms with van der Waals surface area (Å²) in [6, 6.07) is 0. The average Bonchev–Trinajstić information content (AvgIpc) is 2.80. The number of hydrogen-bond acceptors (Lipinski definition) is 4. The molecule has 0 saturated heterocycles. The normalized spacial score (nSPS) is 11.3. The maximum atomic E-state index is 6.00. The van der Waals surface area contributed by atoms with E-state index in [0.29, 0.717) is 11.6 Å². The largest absolute Gasteiger partial charge is 0.383 e. The molecule has 0 aromatic carbocycles. The van der Waals surface area contributed by atoms with Crippen molar-refractivity contribution in [3.05, 3.63) is 11.4 Å². The molecule has 5 N–H and O–H groups in total. The quantitative estimate of drug-likeness (QED) is 0.745. The minimum absolute atomic E-state index is 0.423. The number of nitrogens with one attached hydrogen (secondary N) is 1. The van der Waals surface area contributed by atoms with E-state index in [2.05, 4.69) is 28.8 Å². The van der Waals surface area contributed by atoms with Gasteiger partial charge in [-0.15, -0.1) is 0 Å². The Morgan fingerprint density at radius 3 is 2.32 bits per heavy atom. The topological polar surface area (TPSA) is 93.6 Å². The van der Waals surface area contributed by atoms with Crippen LogP contribution in [0.4, 0.5) is 11.6 Å². The predicted molar refractivity (Wildman–Crippen MR) is 79.9 cm³/mol. The first-order valence-corrected chi connectivity index (χ1v) is 7.09. The van der Waals surface area contributed by atoms with Gasteiger partial charge < -0.3 is 16.5 Å². The molecule has 2 heterocycles. The molecule has 104 valence electrons. The number of fused-ring (bicyclic) bond motifs is 1. The first-order valence-electron chi connectivity index (χ1n) is 7.09. The van der Waals surface area contributed by atoms with Crippen LogP contribution >= 0.6 is 0 Å². The lowest BCUT2D eigenvalue weighted by atomic mass is 10.1. The standard InChI is InChI=1S/C14H23N5/c1-3-5-7-9-11-12(14(16)19-13(9)15)18-10(17-11)8-6-4-2/h3-8H2,1-2H3,(H,17,18)(H4,15,16,19). The lowest BCUT2D eigenvalue weighted by molar-refractivity contribution is 0.764. The van der Waals surface area contributed by atoms with E-state index < -0.39 is 0 Å². The number of imidazole rings is 1. The van der Waals surface area contributed by atoms with Crippen LogP contribution in [0.5, 0.6) is 0 Å². The van der Waals surface area contributed by atoms with Crippen molar-refractivity contribution in [3.8, 4) is 0 Å². The number of unbranched alkanes of at least 4 members (excludes halogenated alkanes) is 2. The Hall–Kier alpha value is -1.78. The number of nitrogens with two attached hydrogens (primary N) is 2. The van der Waals surface area contributed by atoms with Crippen molar-refractivity contribution in [3.63, 3.8) is 0 Å². The summed E-state index contributed by atoms with van der Waals surface area (Å²) >= 11 is 0. The molecule has 0 aliphatic carbocycles. The summed E-state index contributed by atoms with van der Waals surface area (Å²) in [7, 11) is 0. The van der Waals surface area contributed by atoms with Crippen LogP contribution in [0.2, 0.25) is 0 Å². The average molecular weight is 261 g/mol. The molecule has 2 aromatic rings. The Morgan fingerprint density at radius 1 is 0.947 bits per heavy atom. The van der Waals surface area contributed by atoms with Gasteiger partial charge in [0.05, 0.1) is 5.52 Å². The van der Waals surface area contributed by atoms with Crippen molar-refractivity contribution in [2.24, 2.45) is 0 Å². The molecule has 2 rings (SSSR count). The molecule has 0 radical (unpaired) electrons. The van der Waals surface area contributed by atoms with Gasteiger partial charge in [0, 0.05) is 12.0 Å². The van der Waals surface area contributed by atoms with E-state index in [-0.39, 0.29) is 0 Å². The second-order valence-electron chi connectivity index (χ2n) is 4.98. The smallest absolute Gasteiger partial charge is 0.154 e. The number of aryl methyl sites for hydroxylation is 2. The first-order chi connectivity index (χ1) is 9.17. The number of aromatic nitrogens is 3. The molecule has 0 atom stereocenters. The molecule has 0 amide bonds. The van der Waals surface area contributed by atoms with Gasteiger partial charge in [0.1, 0.15) is 17.2 Å². The summed E-state index contributed by atoms with van der Waals surface area (Å²) in [5.41, 5.74) is 14.7. The van der Waals surface area contributed by atoms with E-state index in [1.54, 1.807) is 0 Å². The van der Waals surface area contributed by atoms with Crippen molar-refractivity contribution in [1.29, 1.82) is 0 Å². The highest BCUT2D eigenvalue weighted by molar-refractivity contribution is 5.90. The number of nitrogens with zero attached hydrogens (tertiary/aromatic N) is 2. The minimum Gasteiger partial charge on any atom is -0.383 e. The molecule has 0 fully saturated rings. The van der Waals surface area contributed by atoms with Crippen LogP contribution in [0.1, 0.15) is 50.9 Å². The Bertz CT molecular complexity index is 558. The fraction of sp³-hybridized carbons (Fsp3) is 0.571. The van der Waals surface area contributed by atoms with Gasteiger partial charge in [-0.25, -0.2) is 9.97 Å². The summed E-state index contributed by atoms with van der Waals surface area (Å²) < 4.78 is 0. The van der Waals surface area contributed by atoms with Gasteiger partial charge in [0.2, 0.25) is 0 Å². The Labute approximate surface area is 113 Å². The monoisotopic (exact) mass is 261 g/mol. The van der Waals surface area contributed by atoms with E-state index in [1.165, 1.54) is 0 Å². The summed E-state index contributed by atoms with van der Waals surface area (Å²) in [5, 5.41) is 0. The maximum Gasteiger partial charge on any atom is 0.154 e. The molecule has 0 spiro atoms. The molecule has 19 heavy (non-hydrogen) atoms. The van der Waals surface area contributed by atoms with Crippen molar-refractivity contribution in [1.82, 2.24) is 15.0 Å². The lowest BCUT2D eigenvalue weighted by Gasteiger charge is -2.06.